The molecule has 2 amide bonds. The van der Waals surface area contributed by atoms with Gasteiger partial charge >= 0.3 is 12.1 Å². The van der Waals surface area contributed by atoms with E-state index < -0.39 is 35.5 Å². The number of hydrogen-bond donors (Lipinski definition) is 3. The molecule has 1 saturated carbocycles. The van der Waals surface area contributed by atoms with Crippen LogP contribution in [0.15, 0.2) is 48.5 Å². The van der Waals surface area contributed by atoms with Gasteiger partial charge in [0.05, 0.1) is 0 Å². The number of hydrogen-bond acceptors (Lipinski definition) is 5. The molecule has 0 saturated heterocycles. The first-order valence-corrected chi connectivity index (χ1v) is 11.5. The van der Waals surface area contributed by atoms with Gasteiger partial charge in [-0.25, -0.2) is 15.1 Å². The molecule has 34 heavy (non-hydrogen) atoms. The highest BCUT2D eigenvalue weighted by atomic mass is 16.7. The molecule has 0 bridgehead atoms. The Morgan fingerprint density at radius 1 is 1.00 bits per heavy atom. The number of carbonyl (C=O) groups is 3. The number of fused-ring (bicyclic) bond motifs is 3. The second-order valence-corrected chi connectivity index (χ2v) is 9.95. The highest BCUT2D eigenvalue weighted by Gasteiger charge is 2.40. The van der Waals surface area contributed by atoms with Gasteiger partial charge in [0, 0.05) is 5.92 Å². The lowest BCUT2D eigenvalue weighted by atomic mass is 9.86. The van der Waals surface area contributed by atoms with Crippen LogP contribution >= 0.6 is 0 Å². The summed E-state index contributed by atoms with van der Waals surface area (Å²) in [7, 11) is 0. The van der Waals surface area contributed by atoms with Crippen LogP contribution in [0.2, 0.25) is 0 Å². The molecule has 1 fully saturated rings. The molecule has 2 aliphatic rings. The van der Waals surface area contributed by atoms with E-state index in [1.165, 1.54) is 0 Å². The zero-order chi connectivity index (χ0) is 24.5. The van der Waals surface area contributed by atoms with Crippen LogP contribution in [0.1, 0.15) is 50.7 Å². The highest BCUT2D eigenvalue weighted by molar-refractivity contribution is 5.86. The van der Waals surface area contributed by atoms with Gasteiger partial charge in [0.25, 0.3) is 5.91 Å². The number of alkyl carbamates (subject to hydrolysis) is 1. The second kappa shape index (κ2) is 9.46. The van der Waals surface area contributed by atoms with E-state index >= 15 is 0 Å². The van der Waals surface area contributed by atoms with Crippen molar-refractivity contribution in [3.05, 3.63) is 59.7 Å². The average molecular weight is 467 g/mol. The van der Waals surface area contributed by atoms with Crippen molar-refractivity contribution in [3.8, 4) is 11.1 Å². The third kappa shape index (κ3) is 5.07. The molecule has 1 unspecified atom stereocenters. The maximum Gasteiger partial charge on any atom is 0.407 e. The topological polar surface area (TPSA) is 114 Å². The Bertz CT molecular complexity index is 1040. The molecule has 0 heterocycles. The summed E-state index contributed by atoms with van der Waals surface area (Å²) in [6, 6.07) is 15.1. The van der Waals surface area contributed by atoms with Crippen molar-refractivity contribution in [2.24, 2.45) is 11.3 Å². The first kappa shape index (κ1) is 23.8. The molecule has 0 spiro atoms. The van der Waals surface area contributed by atoms with Crippen molar-refractivity contribution in [3.63, 3.8) is 0 Å². The standard InChI is InChI=1S/C26H30N2O6/c1-26(2,3)22(23(29)28-34-21(24(30)31)15-12-13-15)27-25(32)33-14-20-18-10-6-4-8-16(18)17-9-5-7-11-19(17)20/h4-11,15,20-22H,12-14H2,1-3H3,(H,27,32)(H,28,29)(H,30,31)/t21?,22-/m1/s1. The van der Waals surface area contributed by atoms with Crippen LogP contribution in [0.25, 0.3) is 11.1 Å². The fourth-order valence-corrected chi connectivity index (χ4v) is 4.36. The first-order valence-electron chi connectivity index (χ1n) is 11.5. The summed E-state index contributed by atoms with van der Waals surface area (Å²) >= 11 is 0. The van der Waals surface area contributed by atoms with Gasteiger partial charge in [-0.3, -0.25) is 9.63 Å². The fourth-order valence-electron chi connectivity index (χ4n) is 4.36. The zero-order valence-electron chi connectivity index (χ0n) is 19.5. The summed E-state index contributed by atoms with van der Waals surface area (Å²) in [5.41, 5.74) is 6.00. The smallest absolute Gasteiger partial charge is 0.407 e. The molecule has 2 aromatic carbocycles. The number of hydroxylamine groups is 1. The lowest BCUT2D eigenvalue weighted by molar-refractivity contribution is -0.163. The zero-order valence-corrected chi connectivity index (χ0v) is 19.5. The number of carboxylic acids is 1. The van der Waals surface area contributed by atoms with Crippen molar-refractivity contribution in [2.75, 3.05) is 6.61 Å². The highest BCUT2D eigenvalue weighted by Crippen LogP contribution is 2.44. The summed E-state index contributed by atoms with van der Waals surface area (Å²) in [6.45, 7) is 5.49. The maximum absolute atomic E-state index is 12.8. The predicted octanol–water partition coefficient (Wildman–Crippen LogP) is 3.85. The first-order chi connectivity index (χ1) is 16.2. The van der Waals surface area contributed by atoms with Crippen LogP contribution in [0, 0.1) is 11.3 Å². The van der Waals surface area contributed by atoms with Gasteiger partial charge in [-0.15, -0.1) is 0 Å². The van der Waals surface area contributed by atoms with E-state index in [0.29, 0.717) is 0 Å². The molecule has 4 rings (SSSR count). The molecule has 0 aromatic heterocycles. The van der Waals surface area contributed by atoms with E-state index in [1.54, 1.807) is 20.8 Å². The number of carboxylic acid groups (broad SMARTS) is 1. The van der Waals surface area contributed by atoms with Crippen LogP contribution in [0.3, 0.4) is 0 Å². The molecule has 2 aliphatic carbocycles. The van der Waals surface area contributed by atoms with E-state index in [0.717, 1.165) is 35.1 Å². The molecule has 2 atom stereocenters. The molecule has 8 nitrogen and oxygen atoms in total. The largest absolute Gasteiger partial charge is 0.479 e. The van der Waals surface area contributed by atoms with Crippen molar-refractivity contribution in [1.82, 2.24) is 10.8 Å². The fraction of sp³-hybridized carbons (Fsp3) is 0.423. The third-order valence-electron chi connectivity index (χ3n) is 6.31. The van der Waals surface area contributed by atoms with Gasteiger partial charge in [0.2, 0.25) is 0 Å². The Kier molecular flexibility index (Phi) is 6.61. The summed E-state index contributed by atoms with van der Waals surface area (Å²) in [4.78, 5) is 42.0. The third-order valence-corrected chi connectivity index (χ3v) is 6.31. The summed E-state index contributed by atoms with van der Waals surface area (Å²) < 4.78 is 5.56. The Morgan fingerprint density at radius 3 is 2.06 bits per heavy atom. The van der Waals surface area contributed by atoms with Gasteiger partial charge in [-0.1, -0.05) is 69.3 Å². The summed E-state index contributed by atoms with van der Waals surface area (Å²) in [5, 5.41) is 11.9. The van der Waals surface area contributed by atoms with Gasteiger partial charge < -0.3 is 15.2 Å². The Balaban J connectivity index is 1.39. The van der Waals surface area contributed by atoms with Crippen molar-refractivity contribution in [1.29, 1.82) is 0 Å². The quantitative estimate of drug-likeness (QED) is 0.509. The van der Waals surface area contributed by atoms with Crippen LogP contribution in [0.4, 0.5) is 4.79 Å². The second-order valence-electron chi connectivity index (χ2n) is 9.95. The van der Waals surface area contributed by atoms with Crippen LogP contribution in [-0.2, 0) is 19.2 Å². The maximum atomic E-state index is 12.8. The van der Waals surface area contributed by atoms with Crippen molar-refractivity contribution >= 4 is 18.0 Å². The van der Waals surface area contributed by atoms with Crippen molar-refractivity contribution in [2.45, 2.75) is 51.7 Å². The summed E-state index contributed by atoms with van der Waals surface area (Å²) in [6.07, 6.45) is -0.339. The van der Waals surface area contributed by atoms with Gasteiger partial charge in [-0.05, 0) is 46.4 Å². The number of carbonyl (C=O) groups excluding carboxylic acids is 2. The molecule has 2 aromatic rings. The van der Waals surface area contributed by atoms with Gasteiger partial charge in [0.1, 0.15) is 12.6 Å². The SMILES string of the molecule is CC(C)(C)[C@H](NC(=O)OCC1c2ccccc2-c2ccccc21)C(=O)NOC(C(=O)O)C1CC1. The average Bonchev–Trinajstić information content (AvgIpc) is 3.57. The number of ether oxygens (including phenoxy) is 1. The van der Waals surface area contributed by atoms with Gasteiger partial charge in [0.15, 0.2) is 6.10 Å². The minimum absolute atomic E-state index is 0.0988. The van der Waals surface area contributed by atoms with E-state index in [1.807, 2.05) is 36.4 Å². The normalized spacial score (nSPS) is 16.7. The number of benzene rings is 2. The van der Waals surface area contributed by atoms with Crippen LogP contribution < -0.4 is 10.8 Å². The summed E-state index contributed by atoms with van der Waals surface area (Å²) in [5.74, 6) is -1.97. The molecule has 8 heteroatoms. The molecule has 0 aliphatic heterocycles. The van der Waals surface area contributed by atoms with E-state index in [4.69, 9.17) is 9.57 Å². The number of amides is 2. The molecular weight excluding hydrogens is 436 g/mol. The number of rotatable bonds is 8. The van der Waals surface area contributed by atoms with E-state index in [-0.39, 0.29) is 18.4 Å². The van der Waals surface area contributed by atoms with Crippen molar-refractivity contribution < 1.29 is 29.1 Å². The Morgan fingerprint density at radius 2 is 1.56 bits per heavy atom. The monoisotopic (exact) mass is 466 g/mol. The molecule has 0 radical (unpaired) electrons. The van der Waals surface area contributed by atoms with Crippen LogP contribution in [0.5, 0.6) is 0 Å². The van der Waals surface area contributed by atoms with E-state index in [2.05, 4.69) is 22.9 Å². The Labute approximate surface area is 198 Å². The van der Waals surface area contributed by atoms with E-state index in [9.17, 15) is 19.5 Å². The molecular formula is C26H30N2O6. The minimum atomic E-state index is -1.13. The number of nitrogens with one attached hydrogen (secondary N) is 2. The molecule has 3 N–H and O–H groups in total. The Hall–Kier alpha value is -3.39. The van der Waals surface area contributed by atoms with Crippen LogP contribution in [-0.4, -0.2) is 41.8 Å². The number of aliphatic carboxylic acids is 1. The minimum Gasteiger partial charge on any atom is -0.479 e. The lowest BCUT2D eigenvalue weighted by Gasteiger charge is -2.30. The van der Waals surface area contributed by atoms with Gasteiger partial charge in [-0.2, -0.15) is 0 Å². The predicted molar refractivity (Wildman–Crippen MR) is 125 cm³/mol. The molecule has 180 valence electrons. The lowest BCUT2D eigenvalue weighted by Crippen LogP contribution is -2.54.